The zero-order chi connectivity index (χ0) is 21.9. The van der Waals surface area contributed by atoms with Crippen molar-refractivity contribution in [1.29, 1.82) is 0 Å². The SMILES string of the molecule is Cn1cccc1CCCNc1cc(C(F)(F)F)nc(-c2ccc(S(C)(=O)=O)cc2)n1. The van der Waals surface area contributed by atoms with Crippen LogP contribution in [0.25, 0.3) is 11.4 Å². The number of nitrogens with one attached hydrogen (secondary N) is 1. The molecule has 2 heterocycles. The highest BCUT2D eigenvalue weighted by Crippen LogP contribution is 2.31. The smallest absolute Gasteiger partial charge is 0.370 e. The molecule has 0 unspecified atom stereocenters. The van der Waals surface area contributed by atoms with Crippen molar-refractivity contribution in [3.8, 4) is 11.4 Å². The number of nitrogens with zero attached hydrogens (tertiary/aromatic N) is 3. The summed E-state index contributed by atoms with van der Waals surface area (Å²) >= 11 is 0. The molecule has 0 atom stereocenters. The van der Waals surface area contributed by atoms with Gasteiger partial charge in [-0.2, -0.15) is 13.2 Å². The van der Waals surface area contributed by atoms with E-state index in [9.17, 15) is 21.6 Å². The van der Waals surface area contributed by atoms with E-state index in [1.807, 2.05) is 29.9 Å². The molecule has 0 spiro atoms. The second kappa shape index (κ2) is 8.47. The van der Waals surface area contributed by atoms with Gasteiger partial charge in [-0.05, 0) is 49.2 Å². The van der Waals surface area contributed by atoms with Gasteiger partial charge >= 0.3 is 6.18 Å². The van der Waals surface area contributed by atoms with Gasteiger partial charge in [0.15, 0.2) is 21.4 Å². The fraction of sp³-hybridized carbons (Fsp3) is 0.300. The third-order valence-corrected chi connectivity index (χ3v) is 5.65. The van der Waals surface area contributed by atoms with Crippen LogP contribution in [0.1, 0.15) is 17.8 Å². The molecule has 0 aliphatic carbocycles. The average Bonchev–Trinajstić information content (AvgIpc) is 3.08. The molecule has 160 valence electrons. The lowest BCUT2D eigenvalue weighted by atomic mass is 10.2. The number of sulfone groups is 1. The highest BCUT2D eigenvalue weighted by Gasteiger charge is 2.33. The monoisotopic (exact) mass is 438 g/mol. The fourth-order valence-corrected chi connectivity index (χ4v) is 3.54. The summed E-state index contributed by atoms with van der Waals surface area (Å²) in [5.74, 6) is -0.0683. The van der Waals surface area contributed by atoms with Gasteiger partial charge in [-0.1, -0.05) is 0 Å². The van der Waals surface area contributed by atoms with Gasteiger partial charge in [-0.3, -0.25) is 0 Å². The number of anilines is 1. The number of aromatic nitrogens is 3. The lowest BCUT2D eigenvalue weighted by Gasteiger charge is -2.12. The summed E-state index contributed by atoms with van der Waals surface area (Å²) in [7, 11) is -1.48. The normalized spacial score (nSPS) is 12.2. The van der Waals surface area contributed by atoms with E-state index in [-0.39, 0.29) is 16.5 Å². The first-order chi connectivity index (χ1) is 14.0. The Labute approximate surface area is 172 Å². The number of hydrogen-bond acceptors (Lipinski definition) is 5. The van der Waals surface area contributed by atoms with Gasteiger partial charge in [0.2, 0.25) is 0 Å². The first-order valence-electron chi connectivity index (χ1n) is 9.15. The zero-order valence-electron chi connectivity index (χ0n) is 16.4. The number of aryl methyl sites for hydroxylation is 2. The lowest BCUT2D eigenvalue weighted by Crippen LogP contribution is -2.13. The quantitative estimate of drug-likeness (QED) is 0.566. The molecule has 0 saturated heterocycles. The van der Waals surface area contributed by atoms with Crippen molar-refractivity contribution >= 4 is 15.7 Å². The van der Waals surface area contributed by atoms with Crippen LogP contribution in [0.5, 0.6) is 0 Å². The number of halogens is 3. The van der Waals surface area contributed by atoms with Gasteiger partial charge in [0.25, 0.3) is 0 Å². The molecule has 0 bridgehead atoms. The summed E-state index contributed by atoms with van der Waals surface area (Å²) in [5.41, 5.74) is 0.354. The van der Waals surface area contributed by atoms with Crippen LogP contribution in [0.4, 0.5) is 19.0 Å². The van der Waals surface area contributed by atoms with Gasteiger partial charge in [0.05, 0.1) is 4.90 Å². The predicted molar refractivity (Wildman–Crippen MR) is 108 cm³/mol. The number of hydrogen-bond donors (Lipinski definition) is 1. The van der Waals surface area contributed by atoms with Crippen molar-refractivity contribution < 1.29 is 21.6 Å². The topological polar surface area (TPSA) is 76.9 Å². The largest absolute Gasteiger partial charge is 0.433 e. The van der Waals surface area contributed by atoms with E-state index in [0.29, 0.717) is 18.5 Å². The van der Waals surface area contributed by atoms with Gasteiger partial charge in [-0.25, -0.2) is 18.4 Å². The van der Waals surface area contributed by atoms with E-state index in [4.69, 9.17) is 0 Å². The molecule has 1 N–H and O–H groups in total. The first-order valence-corrected chi connectivity index (χ1v) is 11.0. The van der Waals surface area contributed by atoms with Gasteiger partial charge in [-0.15, -0.1) is 0 Å². The van der Waals surface area contributed by atoms with E-state index < -0.39 is 21.7 Å². The summed E-state index contributed by atoms with van der Waals surface area (Å²) in [6.45, 7) is 0.436. The van der Waals surface area contributed by atoms with Crippen LogP contribution in [-0.4, -0.2) is 35.8 Å². The van der Waals surface area contributed by atoms with Crippen LogP contribution in [-0.2, 0) is 29.5 Å². The van der Waals surface area contributed by atoms with Crippen LogP contribution in [0.3, 0.4) is 0 Å². The molecule has 3 aromatic rings. The summed E-state index contributed by atoms with van der Waals surface area (Å²) in [6.07, 6.45) is -0.163. The van der Waals surface area contributed by atoms with E-state index in [1.54, 1.807) is 0 Å². The Bertz CT molecular complexity index is 1120. The Balaban J connectivity index is 1.80. The third kappa shape index (κ3) is 5.38. The van der Waals surface area contributed by atoms with E-state index in [1.165, 1.54) is 24.3 Å². The highest BCUT2D eigenvalue weighted by atomic mass is 32.2. The Kier molecular flexibility index (Phi) is 6.16. The maximum absolute atomic E-state index is 13.3. The average molecular weight is 438 g/mol. The molecular weight excluding hydrogens is 417 g/mol. The lowest BCUT2D eigenvalue weighted by molar-refractivity contribution is -0.141. The number of rotatable bonds is 7. The minimum absolute atomic E-state index is 0.0615. The molecule has 6 nitrogen and oxygen atoms in total. The molecule has 0 saturated carbocycles. The maximum Gasteiger partial charge on any atom is 0.433 e. The predicted octanol–water partition coefficient (Wildman–Crippen LogP) is 3.95. The minimum atomic E-state index is -4.64. The van der Waals surface area contributed by atoms with Crippen molar-refractivity contribution in [1.82, 2.24) is 14.5 Å². The Morgan fingerprint density at radius 1 is 1.10 bits per heavy atom. The Morgan fingerprint density at radius 3 is 2.37 bits per heavy atom. The van der Waals surface area contributed by atoms with E-state index in [0.717, 1.165) is 24.4 Å². The molecule has 0 radical (unpaired) electrons. The van der Waals surface area contributed by atoms with Crippen LogP contribution >= 0.6 is 0 Å². The molecule has 1 aromatic carbocycles. The van der Waals surface area contributed by atoms with E-state index in [2.05, 4.69) is 15.3 Å². The Hall–Kier alpha value is -2.88. The van der Waals surface area contributed by atoms with Gasteiger partial charge in [0, 0.05) is 43.4 Å². The van der Waals surface area contributed by atoms with E-state index >= 15 is 0 Å². The van der Waals surface area contributed by atoms with Crippen molar-refractivity contribution in [2.24, 2.45) is 7.05 Å². The summed E-state index contributed by atoms with van der Waals surface area (Å²) < 4.78 is 65.1. The molecule has 0 fully saturated rings. The van der Waals surface area contributed by atoms with Gasteiger partial charge in [0.1, 0.15) is 5.82 Å². The molecule has 30 heavy (non-hydrogen) atoms. The summed E-state index contributed by atoms with van der Waals surface area (Å²) in [5, 5.41) is 2.93. The number of alkyl halides is 3. The molecule has 0 aliphatic rings. The molecule has 2 aromatic heterocycles. The standard InChI is InChI=1S/C20H21F3N4O2S/c1-27-12-4-6-15(27)5-3-11-24-18-13-17(20(21,22)23)25-19(26-18)14-7-9-16(10-8-14)30(2,28)29/h4,6-10,12-13H,3,5,11H2,1-2H3,(H,24,25,26). The minimum Gasteiger partial charge on any atom is -0.370 e. The molecule has 3 rings (SSSR count). The highest BCUT2D eigenvalue weighted by molar-refractivity contribution is 7.90. The molecule has 0 aliphatic heterocycles. The van der Waals surface area contributed by atoms with Crippen LogP contribution in [0.2, 0.25) is 0 Å². The fourth-order valence-electron chi connectivity index (χ4n) is 2.91. The molecule has 10 heteroatoms. The van der Waals surface area contributed by atoms with Crippen molar-refractivity contribution in [3.63, 3.8) is 0 Å². The van der Waals surface area contributed by atoms with Crippen LogP contribution in [0, 0.1) is 0 Å². The second-order valence-electron chi connectivity index (χ2n) is 6.90. The van der Waals surface area contributed by atoms with Gasteiger partial charge < -0.3 is 9.88 Å². The summed E-state index contributed by atoms with van der Waals surface area (Å²) in [4.78, 5) is 7.87. The second-order valence-corrected chi connectivity index (χ2v) is 8.91. The van der Waals surface area contributed by atoms with Crippen LogP contribution in [0.15, 0.2) is 53.6 Å². The van der Waals surface area contributed by atoms with Crippen LogP contribution < -0.4 is 5.32 Å². The summed E-state index contributed by atoms with van der Waals surface area (Å²) in [6, 6.07) is 10.2. The third-order valence-electron chi connectivity index (χ3n) is 4.52. The van der Waals surface area contributed by atoms with Crippen molar-refractivity contribution in [2.45, 2.75) is 23.9 Å². The molecular formula is C20H21F3N4O2S. The number of benzene rings is 1. The van der Waals surface area contributed by atoms with Crippen molar-refractivity contribution in [2.75, 3.05) is 18.1 Å². The molecule has 0 amide bonds. The Morgan fingerprint density at radius 2 is 1.80 bits per heavy atom. The zero-order valence-corrected chi connectivity index (χ0v) is 17.3. The van der Waals surface area contributed by atoms with Crippen molar-refractivity contribution in [3.05, 3.63) is 60.0 Å². The maximum atomic E-state index is 13.3. The first kappa shape index (κ1) is 21.8.